The zero-order valence-corrected chi connectivity index (χ0v) is 14.8. The molecule has 0 aromatic heterocycles. The number of ether oxygens (including phenoxy) is 3. The van der Waals surface area contributed by atoms with E-state index in [0.717, 1.165) is 24.9 Å². The molecule has 2 saturated heterocycles. The van der Waals surface area contributed by atoms with Crippen molar-refractivity contribution in [2.75, 3.05) is 26.3 Å². The van der Waals surface area contributed by atoms with Gasteiger partial charge in [-0.2, -0.15) is 0 Å². The summed E-state index contributed by atoms with van der Waals surface area (Å²) in [5.74, 6) is -0.314. The van der Waals surface area contributed by atoms with Gasteiger partial charge in [0.25, 0.3) is 0 Å². The first-order valence-corrected chi connectivity index (χ1v) is 9.13. The van der Waals surface area contributed by atoms with E-state index < -0.39 is 5.79 Å². The standard InChI is InChI=1S/C19H26N2O4/c1-19(24-7-8-25-19)17-3-2-6-21(11-17)18(22)20-10-14-4-5-15-12-23-13-16(15)9-14/h4-5,9,17H,2-3,6-8,10-13H2,1H3,(H,20,22)/t17-/m0/s1. The molecule has 0 saturated carbocycles. The minimum Gasteiger partial charge on any atom is -0.372 e. The number of nitrogens with one attached hydrogen (secondary N) is 1. The number of likely N-dealkylation sites (tertiary alicyclic amines) is 1. The van der Waals surface area contributed by atoms with Crippen molar-refractivity contribution in [1.82, 2.24) is 10.2 Å². The first kappa shape index (κ1) is 16.8. The van der Waals surface area contributed by atoms with Crippen LogP contribution in [0.15, 0.2) is 18.2 Å². The average Bonchev–Trinajstić information content (AvgIpc) is 3.29. The maximum atomic E-state index is 12.6. The van der Waals surface area contributed by atoms with Crippen molar-refractivity contribution in [3.8, 4) is 0 Å². The van der Waals surface area contributed by atoms with Gasteiger partial charge in [0.15, 0.2) is 5.79 Å². The Labute approximate surface area is 148 Å². The largest absolute Gasteiger partial charge is 0.372 e. The predicted molar refractivity (Wildman–Crippen MR) is 91.8 cm³/mol. The molecule has 3 heterocycles. The number of carbonyl (C=O) groups excluding carboxylic acids is 1. The first-order chi connectivity index (χ1) is 12.1. The summed E-state index contributed by atoms with van der Waals surface area (Å²) in [5, 5.41) is 3.05. The lowest BCUT2D eigenvalue weighted by Crippen LogP contribution is -2.51. The number of nitrogens with zero attached hydrogens (tertiary/aromatic N) is 1. The molecule has 6 heteroatoms. The molecule has 3 aliphatic rings. The molecular weight excluding hydrogens is 320 g/mol. The van der Waals surface area contributed by atoms with Gasteiger partial charge in [0.1, 0.15) is 0 Å². The summed E-state index contributed by atoms with van der Waals surface area (Å²) in [6.07, 6.45) is 2.02. The highest BCUT2D eigenvalue weighted by Gasteiger charge is 2.42. The molecule has 0 aliphatic carbocycles. The number of piperidine rings is 1. The van der Waals surface area contributed by atoms with Gasteiger partial charge in [0.2, 0.25) is 0 Å². The minimum absolute atomic E-state index is 0.0111. The summed E-state index contributed by atoms with van der Waals surface area (Å²) in [7, 11) is 0. The van der Waals surface area contributed by atoms with E-state index in [-0.39, 0.29) is 11.9 Å². The number of rotatable bonds is 3. The van der Waals surface area contributed by atoms with Crippen LogP contribution in [0.3, 0.4) is 0 Å². The Morgan fingerprint density at radius 2 is 2.08 bits per heavy atom. The third kappa shape index (κ3) is 3.52. The second-order valence-corrected chi connectivity index (χ2v) is 7.25. The lowest BCUT2D eigenvalue weighted by Gasteiger charge is -2.39. The number of hydrogen-bond acceptors (Lipinski definition) is 4. The molecule has 1 aromatic rings. The molecule has 2 fully saturated rings. The van der Waals surface area contributed by atoms with Gasteiger partial charge in [0.05, 0.1) is 26.4 Å². The normalized spacial score (nSPS) is 25.0. The highest BCUT2D eigenvalue weighted by Crippen LogP contribution is 2.34. The van der Waals surface area contributed by atoms with E-state index in [0.29, 0.717) is 39.5 Å². The summed E-state index contributed by atoms with van der Waals surface area (Å²) in [5.41, 5.74) is 3.59. The minimum atomic E-state index is -0.543. The molecule has 1 atom stereocenters. The predicted octanol–water partition coefficient (Wildman–Crippen LogP) is 2.40. The molecule has 2 amide bonds. The molecule has 6 nitrogen and oxygen atoms in total. The molecule has 3 aliphatic heterocycles. The summed E-state index contributed by atoms with van der Waals surface area (Å²) in [4.78, 5) is 14.5. The van der Waals surface area contributed by atoms with Crippen molar-refractivity contribution in [2.45, 2.75) is 45.3 Å². The van der Waals surface area contributed by atoms with E-state index >= 15 is 0 Å². The molecule has 0 unspecified atom stereocenters. The lowest BCUT2D eigenvalue weighted by atomic mass is 9.90. The van der Waals surface area contributed by atoms with Crippen molar-refractivity contribution in [3.05, 3.63) is 34.9 Å². The fraction of sp³-hybridized carbons (Fsp3) is 0.632. The Hall–Kier alpha value is -1.63. The summed E-state index contributed by atoms with van der Waals surface area (Å²) in [6.45, 7) is 6.65. The number of fused-ring (bicyclic) bond motifs is 1. The molecule has 0 bridgehead atoms. The van der Waals surface area contributed by atoms with Crippen LogP contribution in [0.25, 0.3) is 0 Å². The van der Waals surface area contributed by atoms with E-state index in [1.165, 1.54) is 11.1 Å². The zero-order valence-electron chi connectivity index (χ0n) is 14.8. The highest BCUT2D eigenvalue weighted by atomic mass is 16.7. The molecule has 136 valence electrons. The van der Waals surface area contributed by atoms with Gasteiger partial charge in [-0.1, -0.05) is 18.2 Å². The first-order valence-electron chi connectivity index (χ1n) is 9.13. The van der Waals surface area contributed by atoms with Crippen LogP contribution in [0.2, 0.25) is 0 Å². The average molecular weight is 346 g/mol. The summed E-state index contributed by atoms with van der Waals surface area (Å²) < 4.78 is 17.0. The van der Waals surface area contributed by atoms with Crippen LogP contribution in [-0.2, 0) is 34.0 Å². The second kappa shape index (κ2) is 6.94. The summed E-state index contributed by atoms with van der Waals surface area (Å²) >= 11 is 0. The van der Waals surface area contributed by atoms with Crippen molar-refractivity contribution in [2.24, 2.45) is 5.92 Å². The third-order valence-electron chi connectivity index (χ3n) is 5.54. The molecule has 1 N–H and O–H groups in total. The van der Waals surface area contributed by atoms with Crippen molar-refractivity contribution in [3.63, 3.8) is 0 Å². The fourth-order valence-corrected chi connectivity index (χ4v) is 3.98. The van der Waals surface area contributed by atoms with Gasteiger partial charge < -0.3 is 24.4 Å². The molecule has 0 radical (unpaired) electrons. The quantitative estimate of drug-likeness (QED) is 0.913. The van der Waals surface area contributed by atoms with E-state index in [9.17, 15) is 4.79 Å². The topological polar surface area (TPSA) is 60.0 Å². The van der Waals surface area contributed by atoms with Gasteiger partial charge in [-0.05, 0) is 36.5 Å². The Balaban J connectivity index is 1.33. The Morgan fingerprint density at radius 3 is 2.92 bits per heavy atom. The van der Waals surface area contributed by atoms with Crippen molar-refractivity contribution < 1.29 is 19.0 Å². The van der Waals surface area contributed by atoms with Crippen molar-refractivity contribution >= 4 is 6.03 Å². The van der Waals surface area contributed by atoms with E-state index in [4.69, 9.17) is 14.2 Å². The van der Waals surface area contributed by atoms with Gasteiger partial charge >= 0.3 is 6.03 Å². The SMILES string of the molecule is CC1([C@H]2CCCN(C(=O)NCc3ccc4c(c3)COC4)C2)OCCO1. The maximum absolute atomic E-state index is 12.6. The van der Waals surface area contributed by atoms with Crippen LogP contribution in [-0.4, -0.2) is 43.0 Å². The number of amides is 2. The molecule has 0 spiro atoms. The van der Waals surface area contributed by atoms with Gasteiger partial charge in [0, 0.05) is 25.6 Å². The van der Waals surface area contributed by atoms with Crippen LogP contribution >= 0.6 is 0 Å². The van der Waals surface area contributed by atoms with Gasteiger partial charge in [-0.15, -0.1) is 0 Å². The number of benzene rings is 1. The van der Waals surface area contributed by atoms with Crippen molar-refractivity contribution in [1.29, 1.82) is 0 Å². The number of hydrogen-bond donors (Lipinski definition) is 1. The molecule has 4 rings (SSSR count). The molecular formula is C19H26N2O4. The Kier molecular flexibility index (Phi) is 4.67. The van der Waals surface area contributed by atoms with E-state index in [1.54, 1.807) is 0 Å². The van der Waals surface area contributed by atoms with Gasteiger partial charge in [-0.25, -0.2) is 4.79 Å². The second-order valence-electron chi connectivity index (χ2n) is 7.25. The molecule has 25 heavy (non-hydrogen) atoms. The maximum Gasteiger partial charge on any atom is 0.317 e. The molecule has 1 aromatic carbocycles. The van der Waals surface area contributed by atoms with Crippen LogP contribution in [0.1, 0.15) is 36.5 Å². The van der Waals surface area contributed by atoms with Crippen LogP contribution in [0.5, 0.6) is 0 Å². The Morgan fingerprint density at radius 1 is 1.28 bits per heavy atom. The van der Waals surface area contributed by atoms with E-state index in [2.05, 4.69) is 23.5 Å². The van der Waals surface area contributed by atoms with Crippen LogP contribution < -0.4 is 5.32 Å². The van der Waals surface area contributed by atoms with Crippen LogP contribution in [0.4, 0.5) is 4.79 Å². The van der Waals surface area contributed by atoms with Gasteiger partial charge in [-0.3, -0.25) is 0 Å². The lowest BCUT2D eigenvalue weighted by molar-refractivity contribution is -0.189. The number of carbonyl (C=O) groups is 1. The highest BCUT2D eigenvalue weighted by molar-refractivity contribution is 5.74. The fourth-order valence-electron chi connectivity index (χ4n) is 3.98. The Bertz CT molecular complexity index is 642. The third-order valence-corrected chi connectivity index (χ3v) is 5.54. The van der Waals surface area contributed by atoms with Crippen LogP contribution in [0, 0.1) is 5.92 Å². The zero-order chi connectivity index (χ0) is 17.3. The van der Waals surface area contributed by atoms with E-state index in [1.807, 2.05) is 11.8 Å². The smallest absolute Gasteiger partial charge is 0.317 e. The number of urea groups is 1. The monoisotopic (exact) mass is 346 g/mol. The summed E-state index contributed by atoms with van der Waals surface area (Å²) in [6, 6.07) is 6.27.